The Morgan fingerprint density at radius 1 is 1.21 bits per heavy atom. The second-order valence-corrected chi connectivity index (χ2v) is 3.74. The Morgan fingerprint density at radius 2 is 2.00 bits per heavy atom. The Hall–Kier alpha value is -1.24. The van der Waals surface area contributed by atoms with Crippen molar-refractivity contribution in [3.05, 3.63) is 42.0 Å². The standard InChI is InChI=1S/C13H16O/c1-14-13-9-7-12(8-10-13)11-5-3-2-4-6-11/h3,5,7-11H,2,4,6H2,1H3/t11-/m0/s1. The van der Waals surface area contributed by atoms with E-state index >= 15 is 0 Å². The van der Waals surface area contributed by atoms with Crippen LogP contribution in [0.5, 0.6) is 5.75 Å². The molecule has 0 aliphatic heterocycles. The van der Waals surface area contributed by atoms with Crippen molar-refractivity contribution in [2.75, 3.05) is 7.11 Å². The molecule has 1 aromatic carbocycles. The van der Waals surface area contributed by atoms with Crippen molar-refractivity contribution in [3.63, 3.8) is 0 Å². The largest absolute Gasteiger partial charge is 0.497 e. The topological polar surface area (TPSA) is 9.23 Å². The van der Waals surface area contributed by atoms with Gasteiger partial charge in [0.15, 0.2) is 0 Å². The van der Waals surface area contributed by atoms with Crippen molar-refractivity contribution in [2.24, 2.45) is 0 Å². The van der Waals surface area contributed by atoms with Crippen LogP contribution in [0.15, 0.2) is 36.4 Å². The molecule has 1 heteroatoms. The highest BCUT2D eigenvalue weighted by Crippen LogP contribution is 2.28. The fourth-order valence-corrected chi connectivity index (χ4v) is 1.94. The van der Waals surface area contributed by atoms with Gasteiger partial charge in [-0.1, -0.05) is 24.3 Å². The Labute approximate surface area is 85.4 Å². The van der Waals surface area contributed by atoms with E-state index in [0.29, 0.717) is 5.92 Å². The molecular formula is C13H16O. The highest BCUT2D eigenvalue weighted by molar-refractivity contribution is 5.31. The molecule has 0 N–H and O–H groups in total. The van der Waals surface area contributed by atoms with Gasteiger partial charge in [0, 0.05) is 5.92 Å². The van der Waals surface area contributed by atoms with Gasteiger partial charge in [0.05, 0.1) is 7.11 Å². The molecule has 0 unspecified atom stereocenters. The van der Waals surface area contributed by atoms with E-state index in [4.69, 9.17) is 4.74 Å². The molecule has 14 heavy (non-hydrogen) atoms. The predicted octanol–water partition coefficient (Wildman–Crippen LogP) is 3.52. The molecule has 0 radical (unpaired) electrons. The number of ether oxygens (including phenoxy) is 1. The van der Waals surface area contributed by atoms with E-state index in [0.717, 1.165) is 5.75 Å². The van der Waals surface area contributed by atoms with Gasteiger partial charge in [0.25, 0.3) is 0 Å². The lowest BCUT2D eigenvalue weighted by Gasteiger charge is -2.16. The zero-order valence-corrected chi connectivity index (χ0v) is 8.57. The number of hydrogen-bond donors (Lipinski definition) is 0. The highest BCUT2D eigenvalue weighted by Gasteiger charge is 2.10. The van der Waals surface area contributed by atoms with E-state index in [1.807, 2.05) is 12.1 Å². The summed E-state index contributed by atoms with van der Waals surface area (Å²) in [4.78, 5) is 0. The predicted molar refractivity (Wildman–Crippen MR) is 58.7 cm³/mol. The van der Waals surface area contributed by atoms with Crippen molar-refractivity contribution in [2.45, 2.75) is 25.2 Å². The van der Waals surface area contributed by atoms with Crippen molar-refractivity contribution < 1.29 is 4.74 Å². The second kappa shape index (κ2) is 4.32. The second-order valence-electron chi connectivity index (χ2n) is 3.74. The van der Waals surface area contributed by atoms with Crippen LogP contribution in [0.2, 0.25) is 0 Å². The molecule has 74 valence electrons. The summed E-state index contributed by atoms with van der Waals surface area (Å²) in [6.07, 6.45) is 8.45. The minimum Gasteiger partial charge on any atom is -0.497 e. The van der Waals surface area contributed by atoms with E-state index in [-0.39, 0.29) is 0 Å². The first-order chi connectivity index (χ1) is 6.90. The average Bonchev–Trinajstić information content (AvgIpc) is 2.30. The lowest BCUT2D eigenvalue weighted by molar-refractivity contribution is 0.414. The van der Waals surface area contributed by atoms with Gasteiger partial charge >= 0.3 is 0 Å². The van der Waals surface area contributed by atoms with Gasteiger partial charge in [-0.3, -0.25) is 0 Å². The van der Waals surface area contributed by atoms with E-state index in [9.17, 15) is 0 Å². The van der Waals surface area contributed by atoms with Crippen LogP contribution in [0.1, 0.15) is 30.7 Å². The Bertz CT molecular complexity index is 311. The van der Waals surface area contributed by atoms with E-state index in [1.54, 1.807) is 7.11 Å². The Kier molecular flexibility index (Phi) is 2.87. The number of methoxy groups -OCH3 is 1. The van der Waals surface area contributed by atoms with Crippen molar-refractivity contribution in [3.8, 4) is 5.75 Å². The maximum absolute atomic E-state index is 5.14. The molecule has 1 nitrogen and oxygen atoms in total. The van der Waals surface area contributed by atoms with Crippen LogP contribution < -0.4 is 4.74 Å². The summed E-state index contributed by atoms with van der Waals surface area (Å²) in [5, 5.41) is 0. The van der Waals surface area contributed by atoms with Gasteiger partial charge in [0.1, 0.15) is 5.75 Å². The highest BCUT2D eigenvalue weighted by atomic mass is 16.5. The van der Waals surface area contributed by atoms with Crippen LogP contribution in [-0.2, 0) is 0 Å². The van der Waals surface area contributed by atoms with Crippen LogP contribution in [0, 0.1) is 0 Å². The third kappa shape index (κ3) is 1.98. The first kappa shape index (κ1) is 9.32. The van der Waals surface area contributed by atoms with Crippen molar-refractivity contribution in [1.29, 1.82) is 0 Å². The Balaban J connectivity index is 2.15. The quantitative estimate of drug-likeness (QED) is 0.645. The first-order valence-corrected chi connectivity index (χ1v) is 5.21. The number of hydrogen-bond acceptors (Lipinski definition) is 1. The molecule has 0 bridgehead atoms. The molecule has 1 aliphatic carbocycles. The molecule has 0 amide bonds. The lowest BCUT2D eigenvalue weighted by atomic mass is 9.89. The fraction of sp³-hybridized carbons (Fsp3) is 0.385. The van der Waals surface area contributed by atoms with Gasteiger partial charge in [-0.05, 0) is 37.0 Å². The van der Waals surface area contributed by atoms with Crippen LogP contribution in [0.3, 0.4) is 0 Å². The molecule has 1 aliphatic rings. The molecule has 0 spiro atoms. The summed E-state index contributed by atoms with van der Waals surface area (Å²) in [6, 6.07) is 8.41. The average molecular weight is 188 g/mol. The van der Waals surface area contributed by atoms with Crippen LogP contribution in [0.25, 0.3) is 0 Å². The number of rotatable bonds is 2. The van der Waals surface area contributed by atoms with E-state index < -0.39 is 0 Å². The minimum atomic E-state index is 0.620. The molecule has 2 rings (SSSR count). The molecular weight excluding hydrogens is 172 g/mol. The van der Waals surface area contributed by atoms with Crippen molar-refractivity contribution in [1.82, 2.24) is 0 Å². The Morgan fingerprint density at radius 3 is 2.57 bits per heavy atom. The van der Waals surface area contributed by atoms with E-state index in [2.05, 4.69) is 24.3 Å². The summed E-state index contributed by atoms with van der Waals surface area (Å²) in [7, 11) is 1.70. The van der Waals surface area contributed by atoms with Crippen molar-refractivity contribution >= 4 is 0 Å². The monoisotopic (exact) mass is 188 g/mol. The first-order valence-electron chi connectivity index (χ1n) is 5.21. The van der Waals surface area contributed by atoms with Crippen LogP contribution in [-0.4, -0.2) is 7.11 Å². The normalized spacial score (nSPS) is 20.8. The van der Waals surface area contributed by atoms with Gasteiger partial charge in [-0.25, -0.2) is 0 Å². The van der Waals surface area contributed by atoms with Gasteiger partial charge in [-0.2, -0.15) is 0 Å². The summed E-state index contributed by atoms with van der Waals surface area (Å²) >= 11 is 0. The molecule has 0 saturated heterocycles. The molecule has 1 atom stereocenters. The third-order valence-corrected chi connectivity index (χ3v) is 2.80. The molecule has 1 aromatic rings. The molecule has 0 saturated carbocycles. The zero-order chi connectivity index (χ0) is 9.80. The maximum atomic E-state index is 5.14. The van der Waals surface area contributed by atoms with Gasteiger partial charge in [0.2, 0.25) is 0 Å². The number of allylic oxidation sites excluding steroid dienone is 2. The number of benzene rings is 1. The smallest absolute Gasteiger partial charge is 0.118 e. The minimum absolute atomic E-state index is 0.620. The maximum Gasteiger partial charge on any atom is 0.118 e. The fourth-order valence-electron chi connectivity index (χ4n) is 1.94. The summed E-state index contributed by atoms with van der Waals surface area (Å²) in [5.41, 5.74) is 1.40. The SMILES string of the molecule is COc1ccc([C@H]2C=CCCC2)cc1. The van der Waals surface area contributed by atoms with Crippen LogP contribution >= 0.6 is 0 Å². The third-order valence-electron chi connectivity index (χ3n) is 2.80. The molecule has 0 fully saturated rings. The van der Waals surface area contributed by atoms with Gasteiger partial charge in [-0.15, -0.1) is 0 Å². The molecule has 0 aromatic heterocycles. The molecule has 0 heterocycles. The lowest BCUT2D eigenvalue weighted by Crippen LogP contribution is -1.98. The summed E-state index contributed by atoms with van der Waals surface area (Å²) in [6.45, 7) is 0. The summed E-state index contributed by atoms with van der Waals surface area (Å²) < 4.78 is 5.14. The summed E-state index contributed by atoms with van der Waals surface area (Å²) in [5.74, 6) is 1.56. The van der Waals surface area contributed by atoms with Gasteiger partial charge < -0.3 is 4.74 Å². The van der Waals surface area contributed by atoms with E-state index in [1.165, 1.54) is 24.8 Å². The van der Waals surface area contributed by atoms with Crippen LogP contribution in [0.4, 0.5) is 0 Å². The zero-order valence-electron chi connectivity index (χ0n) is 8.57.